The van der Waals surface area contributed by atoms with E-state index in [9.17, 15) is 14.7 Å². The summed E-state index contributed by atoms with van der Waals surface area (Å²) in [5, 5.41) is 12.9. The molecule has 126 valence electrons. The van der Waals surface area contributed by atoms with E-state index in [2.05, 4.69) is 5.32 Å². The van der Waals surface area contributed by atoms with Gasteiger partial charge < -0.3 is 10.4 Å². The lowest BCUT2D eigenvalue weighted by Gasteiger charge is -2.37. The highest BCUT2D eigenvalue weighted by molar-refractivity contribution is 6.36. The number of benzene rings is 1. The summed E-state index contributed by atoms with van der Waals surface area (Å²) in [6.45, 7) is 4.86. The fourth-order valence-corrected chi connectivity index (χ4v) is 3.34. The number of carboxylic acid groups (broad SMARTS) is 1. The van der Waals surface area contributed by atoms with Gasteiger partial charge in [0.2, 0.25) is 5.91 Å². The van der Waals surface area contributed by atoms with Crippen LogP contribution in [-0.2, 0) is 9.59 Å². The SMILES string of the molecule is CC1CC(C(=O)O)CN(C(C)C(=O)Nc2ccc(Cl)cc2Cl)C1. The van der Waals surface area contributed by atoms with Gasteiger partial charge in [0.05, 0.1) is 22.7 Å². The molecular formula is C16H20Cl2N2O3. The fourth-order valence-electron chi connectivity index (χ4n) is 2.88. The number of nitrogens with zero attached hydrogens (tertiary/aromatic N) is 1. The van der Waals surface area contributed by atoms with Gasteiger partial charge in [-0.25, -0.2) is 0 Å². The number of rotatable bonds is 4. The first-order valence-corrected chi connectivity index (χ1v) is 8.26. The van der Waals surface area contributed by atoms with Crippen molar-refractivity contribution in [2.24, 2.45) is 11.8 Å². The van der Waals surface area contributed by atoms with E-state index in [0.717, 1.165) is 0 Å². The third-order valence-corrected chi connectivity index (χ3v) is 4.70. The second kappa shape index (κ2) is 7.51. The van der Waals surface area contributed by atoms with Crippen molar-refractivity contribution in [3.8, 4) is 0 Å². The number of amides is 1. The normalized spacial score (nSPS) is 23.3. The summed E-state index contributed by atoms with van der Waals surface area (Å²) in [5.41, 5.74) is 0.493. The van der Waals surface area contributed by atoms with Gasteiger partial charge in [-0.2, -0.15) is 0 Å². The number of piperidine rings is 1. The molecule has 23 heavy (non-hydrogen) atoms. The van der Waals surface area contributed by atoms with Crippen LogP contribution in [0.15, 0.2) is 18.2 Å². The van der Waals surface area contributed by atoms with E-state index in [1.54, 1.807) is 25.1 Å². The standard InChI is InChI=1S/C16H20Cl2N2O3/c1-9-5-11(16(22)23)8-20(7-9)10(2)15(21)19-14-4-3-12(17)6-13(14)18/h3-4,6,9-11H,5,7-8H2,1-2H3,(H,19,21)(H,22,23). The van der Waals surface area contributed by atoms with E-state index in [4.69, 9.17) is 23.2 Å². The Balaban J connectivity index is 2.05. The Morgan fingerprint density at radius 3 is 2.65 bits per heavy atom. The molecule has 3 atom stereocenters. The first-order valence-electron chi connectivity index (χ1n) is 7.50. The number of carbonyl (C=O) groups is 2. The predicted octanol–water partition coefficient (Wildman–Crippen LogP) is 3.36. The van der Waals surface area contributed by atoms with Gasteiger partial charge in [0, 0.05) is 18.1 Å². The maximum Gasteiger partial charge on any atom is 0.307 e. The van der Waals surface area contributed by atoms with Crippen molar-refractivity contribution >= 4 is 40.8 Å². The fraction of sp³-hybridized carbons (Fsp3) is 0.500. The van der Waals surface area contributed by atoms with Crippen LogP contribution in [0.3, 0.4) is 0 Å². The number of likely N-dealkylation sites (tertiary alicyclic amines) is 1. The monoisotopic (exact) mass is 358 g/mol. The molecule has 2 rings (SSSR count). The van der Waals surface area contributed by atoms with Gasteiger partial charge in [0.1, 0.15) is 0 Å². The topological polar surface area (TPSA) is 69.6 Å². The van der Waals surface area contributed by atoms with E-state index in [0.29, 0.717) is 35.2 Å². The molecule has 2 N–H and O–H groups in total. The molecule has 0 saturated carbocycles. The van der Waals surface area contributed by atoms with Crippen molar-refractivity contribution in [2.75, 3.05) is 18.4 Å². The van der Waals surface area contributed by atoms with Crippen LogP contribution in [0.1, 0.15) is 20.3 Å². The lowest BCUT2D eigenvalue weighted by molar-refractivity contribution is -0.145. The molecule has 7 heteroatoms. The third kappa shape index (κ3) is 4.59. The van der Waals surface area contributed by atoms with Crippen LogP contribution < -0.4 is 5.32 Å². The molecule has 0 aromatic heterocycles. The van der Waals surface area contributed by atoms with Crippen molar-refractivity contribution in [3.05, 3.63) is 28.2 Å². The van der Waals surface area contributed by atoms with Crippen LogP contribution >= 0.6 is 23.2 Å². The van der Waals surface area contributed by atoms with Crippen LogP contribution in [0.2, 0.25) is 10.0 Å². The van der Waals surface area contributed by atoms with E-state index in [1.165, 1.54) is 0 Å². The molecule has 0 radical (unpaired) electrons. The van der Waals surface area contributed by atoms with Crippen molar-refractivity contribution < 1.29 is 14.7 Å². The van der Waals surface area contributed by atoms with E-state index < -0.39 is 17.9 Å². The highest BCUT2D eigenvalue weighted by atomic mass is 35.5. The van der Waals surface area contributed by atoms with Crippen LogP contribution in [0.25, 0.3) is 0 Å². The van der Waals surface area contributed by atoms with Gasteiger partial charge in [-0.15, -0.1) is 0 Å². The summed E-state index contributed by atoms with van der Waals surface area (Å²) in [6, 6.07) is 4.42. The first-order chi connectivity index (χ1) is 10.8. The quantitative estimate of drug-likeness (QED) is 0.865. The summed E-state index contributed by atoms with van der Waals surface area (Å²) >= 11 is 11.9. The minimum atomic E-state index is -0.810. The summed E-state index contributed by atoms with van der Waals surface area (Å²) in [7, 11) is 0. The molecule has 1 aliphatic heterocycles. The molecule has 1 aromatic rings. The van der Waals surface area contributed by atoms with Crippen LogP contribution in [-0.4, -0.2) is 41.0 Å². The van der Waals surface area contributed by atoms with Crippen LogP contribution in [0.5, 0.6) is 0 Å². The number of aliphatic carboxylic acids is 1. The Kier molecular flexibility index (Phi) is 5.89. The zero-order valence-corrected chi connectivity index (χ0v) is 14.6. The molecule has 1 saturated heterocycles. The average Bonchev–Trinajstić information content (AvgIpc) is 2.48. The zero-order chi connectivity index (χ0) is 17.1. The number of carboxylic acids is 1. The maximum absolute atomic E-state index is 12.4. The highest BCUT2D eigenvalue weighted by Crippen LogP contribution is 2.27. The van der Waals surface area contributed by atoms with Crippen LogP contribution in [0.4, 0.5) is 5.69 Å². The highest BCUT2D eigenvalue weighted by Gasteiger charge is 2.33. The number of hydrogen-bond acceptors (Lipinski definition) is 3. The third-order valence-electron chi connectivity index (χ3n) is 4.15. The van der Waals surface area contributed by atoms with Crippen molar-refractivity contribution in [3.63, 3.8) is 0 Å². The maximum atomic E-state index is 12.4. The first kappa shape index (κ1) is 18.0. The lowest BCUT2D eigenvalue weighted by atomic mass is 9.89. The zero-order valence-electron chi connectivity index (χ0n) is 13.1. The van der Waals surface area contributed by atoms with Gasteiger partial charge in [-0.1, -0.05) is 30.1 Å². The van der Waals surface area contributed by atoms with Gasteiger partial charge in [0.25, 0.3) is 0 Å². The Bertz CT molecular complexity index is 609. The minimum Gasteiger partial charge on any atom is -0.481 e. The summed E-state index contributed by atoms with van der Waals surface area (Å²) < 4.78 is 0. The number of halogens is 2. The van der Waals surface area contributed by atoms with E-state index >= 15 is 0 Å². The van der Waals surface area contributed by atoms with E-state index in [-0.39, 0.29) is 11.8 Å². The molecular weight excluding hydrogens is 339 g/mol. The Morgan fingerprint density at radius 2 is 2.04 bits per heavy atom. The Morgan fingerprint density at radius 1 is 1.35 bits per heavy atom. The summed E-state index contributed by atoms with van der Waals surface area (Å²) in [5.74, 6) is -1.23. The Labute approximate surface area is 145 Å². The molecule has 1 aromatic carbocycles. The second-order valence-electron chi connectivity index (χ2n) is 6.12. The molecule has 0 aliphatic carbocycles. The summed E-state index contributed by atoms with van der Waals surface area (Å²) in [4.78, 5) is 25.6. The van der Waals surface area contributed by atoms with E-state index in [1.807, 2.05) is 11.8 Å². The van der Waals surface area contributed by atoms with Gasteiger partial charge in [-0.3, -0.25) is 14.5 Å². The van der Waals surface area contributed by atoms with Crippen molar-refractivity contribution in [1.29, 1.82) is 0 Å². The molecule has 1 heterocycles. The molecule has 3 unspecified atom stereocenters. The van der Waals surface area contributed by atoms with Crippen LogP contribution in [0, 0.1) is 11.8 Å². The lowest BCUT2D eigenvalue weighted by Crippen LogP contribution is -2.50. The van der Waals surface area contributed by atoms with Gasteiger partial charge in [-0.05, 0) is 37.5 Å². The molecule has 1 aliphatic rings. The number of nitrogens with one attached hydrogen (secondary N) is 1. The Hall–Kier alpha value is -1.30. The molecule has 0 bridgehead atoms. The van der Waals surface area contributed by atoms with Gasteiger partial charge in [0.15, 0.2) is 0 Å². The van der Waals surface area contributed by atoms with Crippen molar-refractivity contribution in [1.82, 2.24) is 4.90 Å². The van der Waals surface area contributed by atoms with Crippen molar-refractivity contribution in [2.45, 2.75) is 26.3 Å². The number of anilines is 1. The second-order valence-corrected chi connectivity index (χ2v) is 6.96. The van der Waals surface area contributed by atoms with Gasteiger partial charge >= 0.3 is 5.97 Å². The molecule has 5 nitrogen and oxygen atoms in total. The smallest absolute Gasteiger partial charge is 0.307 e. The molecule has 1 amide bonds. The predicted molar refractivity (Wildman–Crippen MR) is 91.0 cm³/mol. The molecule has 0 spiro atoms. The minimum absolute atomic E-state index is 0.215. The average molecular weight is 359 g/mol. The molecule has 1 fully saturated rings. The number of hydrogen-bond donors (Lipinski definition) is 2. The number of carbonyl (C=O) groups excluding carboxylic acids is 1. The largest absolute Gasteiger partial charge is 0.481 e. The summed E-state index contributed by atoms with van der Waals surface area (Å²) in [6.07, 6.45) is 0.642.